The van der Waals surface area contributed by atoms with Crippen LogP contribution < -0.4 is 10.2 Å². The number of aromatic nitrogens is 4. The fourth-order valence-corrected chi connectivity index (χ4v) is 3.99. The van der Waals surface area contributed by atoms with Crippen LogP contribution in [0.25, 0.3) is 22.4 Å². The molecule has 1 fully saturated rings. The van der Waals surface area contributed by atoms with E-state index < -0.39 is 30.6 Å². The van der Waals surface area contributed by atoms with Gasteiger partial charge >= 0.3 is 12.1 Å². The van der Waals surface area contributed by atoms with Gasteiger partial charge in [0.15, 0.2) is 5.82 Å². The topological polar surface area (TPSA) is 113 Å². The average molecular weight is 499 g/mol. The molecular formula is C21H22ClF3N6O3. The Morgan fingerprint density at radius 1 is 1.35 bits per heavy atom. The number of ether oxygens (including phenoxy) is 1. The van der Waals surface area contributed by atoms with E-state index in [-0.39, 0.29) is 25.2 Å². The molecule has 3 aromatic rings. The number of hydrogen-bond acceptors (Lipinski definition) is 7. The van der Waals surface area contributed by atoms with Crippen LogP contribution in [0.15, 0.2) is 24.7 Å². The molecule has 4 rings (SSSR count). The Morgan fingerprint density at radius 3 is 2.88 bits per heavy atom. The highest BCUT2D eigenvalue weighted by Crippen LogP contribution is 2.32. The van der Waals surface area contributed by atoms with E-state index in [0.717, 1.165) is 0 Å². The molecule has 1 atom stereocenters. The van der Waals surface area contributed by atoms with Crippen LogP contribution in [0, 0.1) is 0 Å². The van der Waals surface area contributed by atoms with Crippen LogP contribution in [0.2, 0.25) is 5.02 Å². The van der Waals surface area contributed by atoms with Crippen molar-refractivity contribution in [3.63, 3.8) is 0 Å². The molecule has 0 bridgehead atoms. The van der Waals surface area contributed by atoms with Crippen molar-refractivity contribution in [3.05, 3.63) is 35.2 Å². The van der Waals surface area contributed by atoms with E-state index in [4.69, 9.17) is 16.3 Å². The van der Waals surface area contributed by atoms with E-state index in [0.29, 0.717) is 41.0 Å². The molecule has 1 aliphatic heterocycles. The van der Waals surface area contributed by atoms with Crippen molar-refractivity contribution in [1.82, 2.24) is 25.3 Å². The maximum atomic E-state index is 12.6. The summed E-state index contributed by atoms with van der Waals surface area (Å²) in [5.41, 5.74) is 1.11. The largest absolute Gasteiger partial charge is 0.462 e. The third-order valence-electron chi connectivity index (χ3n) is 5.29. The Kier molecular flexibility index (Phi) is 6.60. The van der Waals surface area contributed by atoms with Crippen LogP contribution in [0.1, 0.15) is 31.6 Å². The van der Waals surface area contributed by atoms with Gasteiger partial charge in [0, 0.05) is 37.5 Å². The lowest BCUT2D eigenvalue weighted by Crippen LogP contribution is -2.46. The van der Waals surface area contributed by atoms with E-state index >= 15 is 0 Å². The van der Waals surface area contributed by atoms with E-state index in [1.807, 2.05) is 5.32 Å². The molecule has 0 aliphatic carbocycles. The lowest BCUT2D eigenvalue weighted by Gasteiger charge is -2.26. The number of hydrogen-bond donors (Lipinski definition) is 2. The van der Waals surface area contributed by atoms with E-state index in [1.54, 1.807) is 19.2 Å². The van der Waals surface area contributed by atoms with Gasteiger partial charge < -0.3 is 19.9 Å². The van der Waals surface area contributed by atoms with Crippen molar-refractivity contribution in [3.8, 4) is 11.4 Å². The van der Waals surface area contributed by atoms with Gasteiger partial charge in [0.2, 0.25) is 5.91 Å². The van der Waals surface area contributed by atoms with Gasteiger partial charge in [-0.3, -0.25) is 4.79 Å². The summed E-state index contributed by atoms with van der Waals surface area (Å²) in [5.74, 6) is -1.17. The predicted octanol–water partition coefficient (Wildman–Crippen LogP) is 3.74. The summed E-state index contributed by atoms with van der Waals surface area (Å²) in [6.07, 6.45) is 0.691. The van der Waals surface area contributed by atoms with Crippen molar-refractivity contribution < 1.29 is 28.9 Å². The Bertz CT molecular complexity index is 1240. The third kappa shape index (κ3) is 4.91. The minimum Gasteiger partial charge on any atom is -0.462 e. The number of fused-ring (bicyclic) bond motifs is 1. The highest BCUT2D eigenvalue weighted by atomic mass is 35.5. The Hall–Kier alpha value is -3.41. The number of rotatable bonds is 6. The second kappa shape index (κ2) is 9.45. The number of nitrogens with one attached hydrogen (secondary N) is 2. The van der Waals surface area contributed by atoms with Gasteiger partial charge in [-0.05, 0) is 25.8 Å². The number of carbonyl (C=O) groups excluding carboxylic acids is 2. The van der Waals surface area contributed by atoms with Crippen molar-refractivity contribution in [1.29, 1.82) is 0 Å². The second-order valence-corrected chi connectivity index (χ2v) is 8.02. The maximum absolute atomic E-state index is 12.6. The second-order valence-electron chi connectivity index (χ2n) is 7.59. The molecule has 2 N–H and O–H groups in total. The van der Waals surface area contributed by atoms with Crippen LogP contribution in [0.4, 0.5) is 19.0 Å². The maximum Gasteiger partial charge on any atom is 0.405 e. The van der Waals surface area contributed by atoms with Gasteiger partial charge in [-0.25, -0.2) is 19.7 Å². The number of halogens is 4. The Balaban J connectivity index is 0.00000342. The highest BCUT2D eigenvalue weighted by molar-refractivity contribution is 6.31. The molecule has 13 heteroatoms. The standard InChI is InChI=1S/C21H20ClF3N6O3.H2/c1-2-34-20(33)14-9-28-17(13-8-27-16-12(13)6-11(22)7-26-16)30-18(14)31-5-3-4-15(31)19(32)29-10-21(23,24)25;/h6-9,15H,2-5,10H2,1H3,(H,26,27)(H,29,32);1H/t15-;/m1./s1. The summed E-state index contributed by atoms with van der Waals surface area (Å²) in [5, 5.41) is 2.96. The Morgan fingerprint density at radius 2 is 2.15 bits per heavy atom. The van der Waals surface area contributed by atoms with E-state index in [1.165, 1.54) is 17.3 Å². The van der Waals surface area contributed by atoms with Crippen LogP contribution in [0.5, 0.6) is 0 Å². The molecule has 4 heterocycles. The van der Waals surface area contributed by atoms with Crippen molar-refractivity contribution in [2.24, 2.45) is 0 Å². The number of H-pyrrole nitrogens is 1. The molecule has 0 spiro atoms. The molecule has 1 saturated heterocycles. The van der Waals surface area contributed by atoms with Gasteiger partial charge in [0.05, 0.1) is 11.6 Å². The normalized spacial score (nSPS) is 16.1. The molecule has 0 saturated carbocycles. The van der Waals surface area contributed by atoms with Crippen LogP contribution in [-0.2, 0) is 9.53 Å². The average Bonchev–Trinajstić information content (AvgIpc) is 3.44. The molecule has 9 nitrogen and oxygen atoms in total. The van der Waals surface area contributed by atoms with Crippen molar-refractivity contribution in [2.45, 2.75) is 32.0 Å². The van der Waals surface area contributed by atoms with Gasteiger partial charge in [0.25, 0.3) is 0 Å². The number of carbonyl (C=O) groups is 2. The summed E-state index contributed by atoms with van der Waals surface area (Å²) in [7, 11) is 0. The number of esters is 1. The number of nitrogens with zero attached hydrogens (tertiary/aromatic N) is 4. The molecule has 34 heavy (non-hydrogen) atoms. The molecule has 0 unspecified atom stereocenters. The number of aromatic amines is 1. The quantitative estimate of drug-likeness (QED) is 0.498. The SMILES string of the molecule is CCOC(=O)c1cnc(-c2c[nH]c3ncc(Cl)cc23)nc1N1CCC[C@@H]1C(=O)NCC(F)(F)F.[HH]. The molecule has 0 aromatic carbocycles. The monoisotopic (exact) mass is 498 g/mol. The first-order valence-corrected chi connectivity index (χ1v) is 10.8. The predicted molar refractivity (Wildman–Crippen MR) is 120 cm³/mol. The van der Waals surface area contributed by atoms with Gasteiger partial charge in [-0.15, -0.1) is 0 Å². The molecule has 1 aliphatic rings. The Labute approximate surface area is 198 Å². The molecule has 1 amide bonds. The first-order valence-electron chi connectivity index (χ1n) is 10.5. The number of alkyl halides is 3. The van der Waals surface area contributed by atoms with Crippen molar-refractivity contribution in [2.75, 3.05) is 24.6 Å². The minimum atomic E-state index is -4.54. The zero-order chi connectivity index (χ0) is 24.5. The van der Waals surface area contributed by atoms with Gasteiger partial charge in [-0.1, -0.05) is 11.6 Å². The zero-order valence-electron chi connectivity index (χ0n) is 17.9. The minimum absolute atomic E-state index is 0. The molecule has 182 valence electrons. The number of pyridine rings is 1. The number of anilines is 1. The van der Waals surface area contributed by atoms with Gasteiger partial charge in [0.1, 0.15) is 29.6 Å². The van der Waals surface area contributed by atoms with Crippen LogP contribution in [0.3, 0.4) is 0 Å². The lowest BCUT2D eigenvalue weighted by atomic mass is 10.1. The fourth-order valence-electron chi connectivity index (χ4n) is 3.84. The summed E-state index contributed by atoms with van der Waals surface area (Å²) in [6, 6.07) is 0.749. The van der Waals surface area contributed by atoms with Crippen LogP contribution >= 0.6 is 11.6 Å². The van der Waals surface area contributed by atoms with Crippen LogP contribution in [-0.4, -0.2) is 63.7 Å². The molecule has 3 aromatic heterocycles. The number of amides is 1. The lowest BCUT2D eigenvalue weighted by molar-refractivity contribution is -0.139. The van der Waals surface area contributed by atoms with E-state index in [2.05, 4.69) is 19.9 Å². The summed E-state index contributed by atoms with van der Waals surface area (Å²) in [6.45, 7) is 0.605. The third-order valence-corrected chi connectivity index (χ3v) is 5.50. The fraction of sp³-hybridized carbons (Fsp3) is 0.381. The summed E-state index contributed by atoms with van der Waals surface area (Å²) < 4.78 is 43.0. The summed E-state index contributed by atoms with van der Waals surface area (Å²) in [4.78, 5) is 42.7. The summed E-state index contributed by atoms with van der Waals surface area (Å²) >= 11 is 6.08. The highest BCUT2D eigenvalue weighted by Gasteiger charge is 2.37. The zero-order valence-corrected chi connectivity index (χ0v) is 18.7. The molecule has 0 radical (unpaired) electrons. The van der Waals surface area contributed by atoms with E-state index in [9.17, 15) is 22.8 Å². The molecular weight excluding hydrogens is 477 g/mol. The first-order chi connectivity index (χ1) is 16.2. The first kappa shape index (κ1) is 23.7. The van der Waals surface area contributed by atoms with Crippen molar-refractivity contribution >= 4 is 40.3 Å². The van der Waals surface area contributed by atoms with Gasteiger partial charge in [-0.2, -0.15) is 13.2 Å². The smallest absolute Gasteiger partial charge is 0.405 e.